The molecule has 1 aromatic heterocycles. The molecule has 0 spiro atoms. The molecule has 10 heteroatoms. The van der Waals surface area contributed by atoms with Gasteiger partial charge in [-0.3, -0.25) is 4.79 Å². The highest BCUT2D eigenvalue weighted by atomic mass is 32.2. The Hall–Kier alpha value is -1.52. The molecular formula is C21H37N5O4S. The molecular weight excluding hydrogens is 418 g/mol. The minimum atomic E-state index is -3.47. The zero-order chi connectivity index (χ0) is 22.6. The molecule has 1 aliphatic heterocycles. The average Bonchev–Trinajstić information content (AvgIpc) is 3.23. The molecule has 2 aliphatic rings. The van der Waals surface area contributed by atoms with Gasteiger partial charge in [-0.25, -0.2) is 0 Å². The Labute approximate surface area is 186 Å². The predicted molar refractivity (Wildman–Crippen MR) is 118 cm³/mol. The summed E-state index contributed by atoms with van der Waals surface area (Å²) in [5, 5.41) is 4.01. The summed E-state index contributed by atoms with van der Waals surface area (Å²) in [6, 6.07) is 0.0990. The van der Waals surface area contributed by atoms with Crippen molar-refractivity contribution in [3.05, 3.63) is 11.7 Å². The molecule has 0 unspecified atom stereocenters. The minimum Gasteiger partial charge on any atom is -0.340 e. The van der Waals surface area contributed by atoms with Crippen molar-refractivity contribution in [3.63, 3.8) is 0 Å². The normalized spacial score (nSPS) is 19.8. The van der Waals surface area contributed by atoms with Gasteiger partial charge in [0.15, 0.2) is 5.82 Å². The monoisotopic (exact) mass is 455 g/mol. The average molecular weight is 456 g/mol. The lowest BCUT2D eigenvalue weighted by Gasteiger charge is -2.38. The van der Waals surface area contributed by atoms with E-state index < -0.39 is 10.2 Å². The van der Waals surface area contributed by atoms with Crippen molar-refractivity contribution < 1.29 is 17.7 Å². The summed E-state index contributed by atoms with van der Waals surface area (Å²) >= 11 is 0. The van der Waals surface area contributed by atoms with E-state index in [0.29, 0.717) is 57.2 Å². The first-order valence-corrected chi connectivity index (χ1v) is 12.8. The van der Waals surface area contributed by atoms with Gasteiger partial charge in [0.1, 0.15) is 0 Å². The molecule has 2 fully saturated rings. The molecule has 9 nitrogen and oxygen atoms in total. The maximum absolute atomic E-state index is 13.0. The molecule has 0 atom stereocenters. The third kappa shape index (κ3) is 6.04. The standard InChI is InChI=1S/C21H37N5O4S/c1-21(2,3)20-22-18(30-23-20)11-8-12-19(27)25-13-15-26(16-14-25)31(28,29)24(4)17-9-6-5-7-10-17/h17H,5-16H2,1-4H3. The summed E-state index contributed by atoms with van der Waals surface area (Å²) in [6.45, 7) is 7.65. The van der Waals surface area contributed by atoms with E-state index in [4.69, 9.17) is 4.52 Å². The molecule has 3 rings (SSSR count). The zero-order valence-corrected chi connectivity index (χ0v) is 20.2. The van der Waals surface area contributed by atoms with Crippen molar-refractivity contribution in [2.75, 3.05) is 33.2 Å². The number of hydrogen-bond acceptors (Lipinski definition) is 6. The van der Waals surface area contributed by atoms with E-state index in [2.05, 4.69) is 10.1 Å². The Morgan fingerprint density at radius 1 is 1.13 bits per heavy atom. The first-order valence-electron chi connectivity index (χ1n) is 11.4. The largest absolute Gasteiger partial charge is 0.340 e. The Morgan fingerprint density at radius 2 is 1.77 bits per heavy atom. The van der Waals surface area contributed by atoms with Gasteiger partial charge in [-0.1, -0.05) is 45.2 Å². The van der Waals surface area contributed by atoms with Crippen LogP contribution in [0.4, 0.5) is 0 Å². The highest BCUT2D eigenvalue weighted by molar-refractivity contribution is 7.86. The number of aromatic nitrogens is 2. The van der Waals surface area contributed by atoms with Crippen LogP contribution in [0, 0.1) is 0 Å². The van der Waals surface area contributed by atoms with Crippen LogP contribution in [0.15, 0.2) is 4.52 Å². The van der Waals surface area contributed by atoms with Crippen LogP contribution in [-0.2, 0) is 26.8 Å². The molecule has 0 aromatic carbocycles. The van der Waals surface area contributed by atoms with Crippen LogP contribution in [0.25, 0.3) is 0 Å². The minimum absolute atomic E-state index is 0.0493. The van der Waals surface area contributed by atoms with Gasteiger partial charge < -0.3 is 9.42 Å². The fourth-order valence-electron chi connectivity index (χ4n) is 4.19. The second-order valence-corrected chi connectivity index (χ2v) is 11.7. The predicted octanol–water partition coefficient (Wildman–Crippen LogP) is 2.34. The quantitative estimate of drug-likeness (QED) is 0.626. The molecule has 31 heavy (non-hydrogen) atoms. The van der Waals surface area contributed by atoms with Crippen LogP contribution in [-0.4, -0.2) is 77.2 Å². The van der Waals surface area contributed by atoms with Gasteiger partial charge >= 0.3 is 0 Å². The third-order valence-corrected chi connectivity index (χ3v) is 8.33. The van der Waals surface area contributed by atoms with E-state index in [0.717, 1.165) is 25.7 Å². The Kier molecular flexibility index (Phi) is 7.75. The molecule has 1 saturated carbocycles. The highest BCUT2D eigenvalue weighted by Crippen LogP contribution is 2.25. The Morgan fingerprint density at radius 3 is 2.35 bits per heavy atom. The van der Waals surface area contributed by atoms with Crippen LogP contribution in [0.1, 0.15) is 77.4 Å². The van der Waals surface area contributed by atoms with Crippen molar-refractivity contribution in [1.29, 1.82) is 0 Å². The summed E-state index contributed by atoms with van der Waals surface area (Å²) in [7, 11) is -1.77. The fraction of sp³-hybridized carbons (Fsp3) is 0.857. The van der Waals surface area contributed by atoms with Crippen molar-refractivity contribution in [2.24, 2.45) is 0 Å². The maximum atomic E-state index is 13.0. The van der Waals surface area contributed by atoms with E-state index in [1.165, 1.54) is 10.7 Å². The summed E-state index contributed by atoms with van der Waals surface area (Å²) in [5.41, 5.74) is -0.164. The van der Waals surface area contributed by atoms with Gasteiger partial charge in [0.2, 0.25) is 11.8 Å². The van der Waals surface area contributed by atoms with Crippen molar-refractivity contribution >= 4 is 16.1 Å². The van der Waals surface area contributed by atoms with Gasteiger partial charge in [-0.05, 0) is 19.3 Å². The lowest BCUT2D eigenvalue weighted by atomic mass is 9.96. The van der Waals surface area contributed by atoms with Gasteiger partial charge in [-0.15, -0.1) is 0 Å². The number of hydrogen-bond donors (Lipinski definition) is 0. The molecule has 1 aromatic rings. The molecule has 0 radical (unpaired) electrons. The molecule has 1 saturated heterocycles. The molecule has 1 amide bonds. The molecule has 1 aliphatic carbocycles. The number of carbonyl (C=O) groups excluding carboxylic acids is 1. The second kappa shape index (κ2) is 9.95. The topological polar surface area (TPSA) is 99.9 Å². The Bertz CT molecular complexity index is 834. The van der Waals surface area contributed by atoms with Crippen molar-refractivity contribution in [1.82, 2.24) is 23.7 Å². The first kappa shape index (κ1) is 24.1. The highest BCUT2D eigenvalue weighted by Gasteiger charge is 2.35. The fourth-order valence-corrected chi connectivity index (χ4v) is 5.77. The SMILES string of the molecule is CN(C1CCCCC1)S(=O)(=O)N1CCN(C(=O)CCCc2nc(C(C)(C)C)no2)CC1. The number of rotatable bonds is 7. The van der Waals surface area contributed by atoms with E-state index in [-0.39, 0.29) is 17.4 Å². The number of amides is 1. The second-order valence-electron chi connectivity index (χ2n) is 9.71. The van der Waals surface area contributed by atoms with Crippen molar-refractivity contribution in [3.8, 4) is 0 Å². The van der Waals surface area contributed by atoms with E-state index in [1.807, 2.05) is 20.8 Å². The number of aryl methyl sites for hydroxylation is 1. The Balaban J connectivity index is 1.43. The van der Waals surface area contributed by atoms with Crippen LogP contribution < -0.4 is 0 Å². The molecule has 0 N–H and O–H groups in total. The number of carbonyl (C=O) groups is 1. The van der Waals surface area contributed by atoms with Gasteiger partial charge in [0, 0.05) is 57.5 Å². The molecule has 2 heterocycles. The van der Waals surface area contributed by atoms with Crippen LogP contribution >= 0.6 is 0 Å². The molecule has 176 valence electrons. The summed E-state index contributed by atoms with van der Waals surface area (Å²) < 4.78 is 34.3. The van der Waals surface area contributed by atoms with Gasteiger partial charge in [0.05, 0.1) is 0 Å². The van der Waals surface area contributed by atoms with Crippen LogP contribution in [0.3, 0.4) is 0 Å². The van der Waals surface area contributed by atoms with Crippen LogP contribution in [0.5, 0.6) is 0 Å². The first-order chi connectivity index (χ1) is 14.6. The maximum Gasteiger partial charge on any atom is 0.282 e. The van der Waals surface area contributed by atoms with E-state index in [1.54, 1.807) is 16.3 Å². The van der Waals surface area contributed by atoms with E-state index >= 15 is 0 Å². The lowest BCUT2D eigenvalue weighted by molar-refractivity contribution is -0.132. The van der Waals surface area contributed by atoms with Gasteiger partial charge in [-0.2, -0.15) is 22.0 Å². The zero-order valence-electron chi connectivity index (χ0n) is 19.3. The summed E-state index contributed by atoms with van der Waals surface area (Å²) in [6.07, 6.45) is 6.83. The molecule has 0 bridgehead atoms. The smallest absolute Gasteiger partial charge is 0.282 e. The number of piperazine rings is 1. The van der Waals surface area contributed by atoms with Gasteiger partial charge in [0.25, 0.3) is 10.2 Å². The lowest BCUT2D eigenvalue weighted by Crippen LogP contribution is -2.55. The third-order valence-electron chi connectivity index (χ3n) is 6.29. The van der Waals surface area contributed by atoms with Crippen LogP contribution in [0.2, 0.25) is 0 Å². The summed E-state index contributed by atoms with van der Waals surface area (Å²) in [4.78, 5) is 18.7. The number of nitrogens with zero attached hydrogens (tertiary/aromatic N) is 5. The summed E-state index contributed by atoms with van der Waals surface area (Å²) in [5.74, 6) is 1.27. The van der Waals surface area contributed by atoms with E-state index in [9.17, 15) is 13.2 Å². The van der Waals surface area contributed by atoms with Crippen molar-refractivity contribution in [2.45, 2.75) is 83.6 Å².